The molecule has 0 fully saturated rings. The number of carbonyl (C=O) groups excluding carboxylic acids is 1. The van der Waals surface area contributed by atoms with E-state index in [0.717, 1.165) is 5.56 Å². The van der Waals surface area contributed by atoms with Crippen molar-refractivity contribution in [1.29, 1.82) is 0 Å². The summed E-state index contributed by atoms with van der Waals surface area (Å²) in [5.74, 6) is 0.828. The second kappa shape index (κ2) is 7.47. The van der Waals surface area contributed by atoms with Gasteiger partial charge in [0.2, 0.25) is 5.95 Å². The maximum absolute atomic E-state index is 13.3. The van der Waals surface area contributed by atoms with Crippen LogP contribution in [0.4, 0.5) is 11.6 Å². The van der Waals surface area contributed by atoms with E-state index < -0.39 is 6.04 Å². The van der Waals surface area contributed by atoms with Gasteiger partial charge in [0.25, 0.3) is 5.91 Å². The van der Waals surface area contributed by atoms with Crippen molar-refractivity contribution in [3.05, 3.63) is 65.6 Å². The molecule has 0 aliphatic carbocycles. The van der Waals surface area contributed by atoms with Crippen LogP contribution in [0.1, 0.15) is 25.5 Å². The number of anilines is 2. The van der Waals surface area contributed by atoms with Gasteiger partial charge in [-0.05, 0) is 54.1 Å². The SMILES string of the molecule is CCOc1ccccc1NC(=O)C1=C(C)Nc2nnnn2[C@@H]1c1ccncc1. The third-order valence-corrected chi connectivity index (χ3v) is 4.42. The van der Waals surface area contributed by atoms with Crippen molar-refractivity contribution in [1.82, 2.24) is 25.2 Å². The molecule has 2 N–H and O–H groups in total. The number of amides is 1. The zero-order chi connectivity index (χ0) is 19.5. The zero-order valence-corrected chi connectivity index (χ0v) is 15.5. The van der Waals surface area contributed by atoms with Crippen molar-refractivity contribution in [2.24, 2.45) is 0 Å². The van der Waals surface area contributed by atoms with E-state index >= 15 is 0 Å². The van der Waals surface area contributed by atoms with Gasteiger partial charge in [0.05, 0.1) is 17.9 Å². The molecule has 4 rings (SSSR count). The molecule has 1 aliphatic rings. The van der Waals surface area contributed by atoms with E-state index in [4.69, 9.17) is 4.74 Å². The highest BCUT2D eigenvalue weighted by atomic mass is 16.5. The number of tetrazole rings is 1. The van der Waals surface area contributed by atoms with E-state index in [0.29, 0.717) is 35.3 Å². The summed E-state index contributed by atoms with van der Waals surface area (Å²) in [7, 11) is 0. The first-order chi connectivity index (χ1) is 13.7. The summed E-state index contributed by atoms with van der Waals surface area (Å²) in [5.41, 5.74) is 2.64. The molecule has 1 aliphatic heterocycles. The fraction of sp³-hybridized carbons (Fsp3) is 0.211. The number of ether oxygens (including phenoxy) is 1. The third-order valence-electron chi connectivity index (χ3n) is 4.42. The number of nitrogens with one attached hydrogen (secondary N) is 2. The van der Waals surface area contributed by atoms with Crippen LogP contribution in [0.3, 0.4) is 0 Å². The Kier molecular flexibility index (Phi) is 4.71. The maximum atomic E-state index is 13.3. The predicted octanol–water partition coefficient (Wildman–Crippen LogP) is 2.39. The number of nitrogens with zero attached hydrogens (tertiary/aromatic N) is 5. The lowest BCUT2D eigenvalue weighted by atomic mass is 9.96. The second-order valence-electron chi connectivity index (χ2n) is 6.18. The Labute approximate surface area is 161 Å². The van der Waals surface area contributed by atoms with Gasteiger partial charge in [-0.2, -0.15) is 4.68 Å². The normalized spacial score (nSPS) is 15.6. The fourth-order valence-corrected chi connectivity index (χ4v) is 3.20. The molecule has 0 unspecified atom stereocenters. The molecule has 3 heterocycles. The number of allylic oxidation sites excluding steroid dienone is 1. The minimum Gasteiger partial charge on any atom is -0.492 e. The minimum absolute atomic E-state index is 0.264. The number of hydrogen-bond donors (Lipinski definition) is 2. The van der Waals surface area contributed by atoms with Crippen LogP contribution in [0.25, 0.3) is 0 Å². The molecule has 9 nitrogen and oxygen atoms in total. The van der Waals surface area contributed by atoms with Gasteiger partial charge in [-0.1, -0.05) is 17.2 Å². The number of benzene rings is 1. The average Bonchev–Trinajstić information content (AvgIpc) is 3.17. The Hall–Kier alpha value is -3.75. The summed E-state index contributed by atoms with van der Waals surface area (Å²) in [6.45, 7) is 4.23. The highest BCUT2D eigenvalue weighted by Crippen LogP contribution is 2.35. The Morgan fingerprint density at radius 3 is 2.82 bits per heavy atom. The predicted molar refractivity (Wildman–Crippen MR) is 103 cm³/mol. The summed E-state index contributed by atoms with van der Waals surface area (Å²) >= 11 is 0. The molecule has 0 saturated carbocycles. The third kappa shape index (κ3) is 3.18. The molecule has 0 radical (unpaired) electrons. The van der Waals surface area contributed by atoms with Crippen molar-refractivity contribution in [3.63, 3.8) is 0 Å². The number of pyridine rings is 1. The lowest BCUT2D eigenvalue weighted by molar-refractivity contribution is -0.113. The van der Waals surface area contributed by atoms with Gasteiger partial charge in [0.1, 0.15) is 11.8 Å². The molecule has 0 saturated heterocycles. The fourth-order valence-electron chi connectivity index (χ4n) is 3.20. The molecule has 28 heavy (non-hydrogen) atoms. The van der Waals surface area contributed by atoms with E-state index in [1.54, 1.807) is 23.1 Å². The first-order valence-electron chi connectivity index (χ1n) is 8.87. The number of hydrogen-bond acceptors (Lipinski definition) is 7. The molecule has 0 spiro atoms. The van der Waals surface area contributed by atoms with Gasteiger partial charge < -0.3 is 15.4 Å². The standard InChI is InChI=1S/C19H19N7O2/c1-3-28-15-7-5-4-6-14(15)22-18(27)16-12(2)21-19-23-24-25-26(19)17(16)13-8-10-20-11-9-13/h4-11,17H,3H2,1-2H3,(H,22,27)(H,21,23,25)/t17-/m1/s1. The highest BCUT2D eigenvalue weighted by Gasteiger charge is 2.34. The summed E-state index contributed by atoms with van der Waals surface area (Å²) in [5, 5.41) is 17.8. The van der Waals surface area contributed by atoms with Gasteiger partial charge in [0.15, 0.2) is 0 Å². The summed E-state index contributed by atoms with van der Waals surface area (Å²) in [4.78, 5) is 17.4. The monoisotopic (exact) mass is 377 g/mol. The number of rotatable bonds is 5. The van der Waals surface area contributed by atoms with Gasteiger partial charge in [-0.3, -0.25) is 9.78 Å². The summed E-state index contributed by atoms with van der Waals surface area (Å²) in [6, 6.07) is 10.5. The molecule has 1 atom stereocenters. The van der Waals surface area contributed by atoms with Crippen LogP contribution in [0.2, 0.25) is 0 Å². The van der Waals surface area contributed by atoms with Crippen LogP contribution in [-0.4, -0.2) is 37.7 Å². The first kappa shape index (κ1) is 17.7. The zero-order valence-electron chi connectivity index (χ0n) is 15.5. The van der Waals surface area contributed by atoms with E-state index in [1.165, 1.54) is 0 Å². The Balaban J connectivity index is 1.73. The van der Waals surface area contributed by atoms with Crippen molar-refractivity contribution >= 4 is 17.5 Å². The van der Waals surface area contributed by atoms with Crippen molar-refractivity contribution < 1.29 is 9.53 Å². The van der Waals surface area contributed by atoms with E-state index in [9.17, 15) is 4.79 Å². The number of para-hydroxylation sites is 2. The molecular weight excluding hydrogens is 358 g/mol. The molecule has 142 valence electrons. The maximum Gasteiger partial charge on any atom is 0.255 e. The number of carbonyl (C=O) groups is 1. The molecule has 3 aromatic rings. The summed E-state index contributed by atoms with van der Waals surface area (Å²) < 4.78 is 7.20. The molecular formula is C19H19N7O2. The Morgan fingerprint density at radius 1 is 1.25 bits per heavy atom. The Bertz CT molecular complexity index is 1030. The van der Waals surface area contributed by atoms with Crippen LogP contribution >= 0.6 is 0 Å². The number of fused-ring (bicyclic) bond motifs is 1. The van der Waals surface area contributed by atoms with Crippen LogP contribution in [-0.2, 0) is 4.79 Å². The van der Waals surface area contributed by atoms with Crippen LogP contribution in [0, 0.1) is 0 Å². The van der Waals surface area contributed by atoms with Crippen LogP contribution in [0.5, 0.6) is 5.75 Å². The average molecular weight is 377 g/mol. The Morgan fingerprint density at radius 2 is 2.04 bits per heavy atom. The molecule has 1 aromatic carbocycles. The van der Waals surface area contributed by atoms with E-state index in [-0.39, 0.29) is 5.91 Å². The van der Waals surface area contributed by atoms with Crippen LogP contribution < -0.4 is 15.4 Å². The highest BCUT2D eigenvalue weighted by molar-refractivity contribution is 6.06. The first-order valence-corrected chi connectivity index (χ1v) is 8.87. The van der Waals surface area contributed by atoms with E-state index in [2.05, 4.69) is 31.1 Å². The van der Waals surface area contributed by atoms with Crippen molar-refractivity contribution in [2.45, 2.75) is 19.9 Å². The quantitative estimate of drug-likeness (QED) is 0.703. The van der Waals surface area contributed by atoms with E-state index in [1.807, 2.05) is 44.2 Å². The minimum atomic E-state index is -0.478. The number of aromatic nitrogens is 5. The summed E-state index contributed by atoms with van der Waals surface area (Å²) in [6.07, 6.45) is 3.35. The lowest BCUT2D eigenvalue weighted by Crippen LogP contribution is -2.31. The van der Waals surface area contributed by atoms with Gasteiger partial charge in [0, 0.05) is 18.1 Å². The van der Waals surface area contributed by atoms with Crippen molar-refractivity contribution in [2.75, 3.05) is 17.2 Å². The van der Waals surface area contributed by atoms with Crippen molar-refractivity contribution in [3.8, 4) is 5.75 Å². The smallest absolute Gasteiger partial charge is 0.255 e. The molecule has 9 heteroatoms. The van der Waals surface area contributed by atoms with Gasteiger partial charge >= 0.3 is 0 Å². The second-order valence-corrected chi connectivity index (χ2v) is 6.18. The lowest BCUT2D eigenvalue weighted by Gasteiger charge is -2.28. The molecule has 1 amide bonds. The van der Waals surface area contributed by atoms with Crippen LogP contribution in [0.15, 0.2) is 60.1 Å². The van der Waals surface area contributed by atoms with Gasteiger partial charge in [-0.15, -0.1) is 0 Å². The topological polar surface area (TPSA) is 107 Å². The molecule has 0 bridgehead atoms. The molecule has 2 aromatic heterocycles. The van der Waals surface area contributed by atoms with Gasteiger partial charge in [-0.25, -0.2) is 0 Å². The largest absolute Gasteiger partial charge is 0.492 e.